The number of sulfonamides is 1. The van der Waals surface area contributed by atoms with E-state index < -0.39 is 15.9 Å². The van der Waals surface area contributed by atoms with Crippen molar-refractivity contribution in [3.63, 3.8) is 0 Å². The normalized spacial score (nSPS) is 11.0. The number of carbonyl (C=O) groups excluding carboxylic acids is 1. The van der Waals surface area contributed by atoms with Gasteiger partial charge in [0.1, 0.15) is 5.75 Å². The lowest BCUT2D eigenvalue weighted by molar-refractivity contribution is 0.0981. The Balaban J connectivity index is 2.25. The molecule has 0 radical (unpaired) electrons. The minimum atomic E-state index is -3.90. The van der Waals surface area contributed by atoms with Gasteiger partial charge in [0.15, 0.2) is 0 Å². The van der Waals surface area contributed by atoms with Gasteiger partial charge in [-0.3, -0.25) is 4.79 Å². The summed E-state index contributed by atoms with van der Waals surface area (Å²) in [4.78, 5) is 12.2. The molecule has 2 aromatic rings. The van der Waals surface area contributed by atoms with Crippen LogP contribution in [0.5, 0.6) is 5.75 Å². The minimum absolute atomic E-state index is 0.0972. The maximum atomic E-state index is 12.3. The Morgan fingerprint density at radius 1 is 1.05 bits per heavy atom. The zero-order chi connectivity index (χ0) is 16.3. The molecular formula is C16H17NO4S. The van der Waals surface area contributed by atoms with E-state index in [1.165, 1.54) is 25.3 Å². The maximum absolute atomic E-state index is 12.3. The lowest BCUT2D eigenvalue weighted by Gasteiger charge is -2.10. The van der Waals surface area contributed by atoms with Gasteiger partial charge in [-0.15, -0.1) is 0 Å². The summed E-state index contributed by atoms with van der Waals surface area (Å²) in [6, 6.07) is 11.1. The van der Waals surface area contributed by atoms with E-state index in [1.807, 2.05) is 6.92 Å². The molecule has 0 unspecified atom stereocenters. The number of ether oxygens (including phenoxy) is 1. The van der Waals surface area contributed by atoms with Gasteiger partial charge in [-0.05, 0) is 49.7 Å². The molecule has 22 heavy (non-hydrogen) atoms. The van der Waals surface area contributed by atoms with Crippen LogP contribution in [0.15, 0.2) is 47.4 Å². The first kappa shape index (κ1) is 16.0. The van der Waals surface area contributed by atoms with E-state index in [-0.39, 0.29) is 10.5 Å². The number of benzene rings is 2. The molecule has 0 saturated heterocycles. The number of methoxy groups -OCH3 is 1. The molecule has 0 heterocycles. The Bertz CT molecular complexity index is 795. The van der Waals surface area contributed by atoms with Crippen molar-refractivity contribution in [1.82, 2.24) is 4.72 Å². The lowest BCUT2D eigenvalue weighted by atomic mass is 10.2. The predicted octanol–water partition coefficient (Wildman–Crippen LogP) is 2.43. The molecule has 0 aromatic heterocycles. The summed E-state index contributed by atoms with van der Waals surface area (Å²) in [5.41, 5.74) is 1.79. The highest BCUT2D eigenvalue weighted by Gasteiger charge is 2.20. The molecule has 0 aliphatic heterocycles. The van der Waals surface area contributed by atoms with Crippen LogP contribution in [0.2, 0.25) is 0 Å². The third-order valence-electron chi connectivity index (χ3n) is 3.20. The van der Waals surface area contributed by atoms with Crippen molar-refractivity contribution in [3.8, 4) is 5.75 Å². The molecule has 0 spiro atoms. The topological polar surface area (TPSA) is 72.5 Å². The first-order chi connectivity index (χ1) is 10.3. The van der Waals surface area contributed by atoms with Gasteiger partial charge < -0.3 is 4.74 Å². The van der Waals surface area contributed by atoms with Crippen LogP contribution in [0.25, 0.3) is 0 Å². The standard InChI is InChI=1S/C16H17NO4S/c1-11-4-9-15(12(2)10-11)22(19,20)17-16(18)13-5-7-14(21-3)8-6-13/h4-10H,1-3H3,(H,17,18). The fourth-order valence-electron chi connectivity index (χ4n) is 2.08. The van der Waals surface area contributed by atoms with Gasteiger partial charge in [0.05, 0.1) is 12.0 Å². The molecule has 2 aromatic carbocycles. The SMILES string of the molecule is COc1ccc(C(=O)NS(=O)(=O)c2ccc(C)cc2C)cc1. The third kappa shape index (κ3) is 3.46. The van der Waals surface area contributed by atoms with Gasteiger partial charge in [0.25, 0.3) is 15.9 Å². The smallest absolute Gasteiger partial charge is 0.265 e. The van der Waals surface area contributed by atoms with E-state index in [4.69, 9.17) is 4.74 Å². The Hall–Kier alpha value is -2.34. The lowest BCUT2D eigenvalue weighted by Crippen LogP contribution is -2.31. The summed E-state index contributed by atoms with van der Waals surface area (Å²) in [5.74, 6) is -0.0867. The minimum Gasteiger partial charge on any atom is -0.497 e. The van der Waals surface area contributed by atoms with Gasteiger partial charge in [-0.25, -0.2) is 13.1 Å². The monoisotopic (exact) mass is 319 g/mol. The van der Waals surface area contributed by atoms with Crippen LogP contribution in [0.4, 0.5) is 0 Å². The molecule has 0 saturated carbocycles. The van der Waals surface area contributed by atoms with Crippen LogP contribution in [0.3, 0.4) is 0 Å². The van der Waals surface area contributed by atoms with Crippen molar-refractivity contribution >= 4 is 15.9 Å². The van der Waals surface area contributed by atoms with Crippen LogP contribution < -0.4 is 9.46 Å². The molecular weight excluding hydrogens is 302 g/mol. The molecule has 1 N–H and O–H groups in total. The molecule has 0 aliphatic rings. The van der Waals surface area contributed by atoms with Crippen molar-refractivity contribution in [2.24, 2.45) is 0 Å². The van der Waals surface area contributed by atoms with Gasteiger partial charge >= 0.3 is 0 Å². The van der Waals surface area contributed by atoms with E-state index in [0.717, 1.165) is 5.56 Å². The van der Waals surface area contributed by atoms with E-state index in [2.05, 4.69) is 4.72 Å². The Morgan fingerprint density at radius 2 is 1.68 bits per heavy atom. The second-order valence-corrected chi connectivity index (χ2v) is 6.58. The average molecular weight is 319 g/mol. The van der Waals surface area contributed by atoms with Crippen LogP contribution >= 0.6 is 0 Å². The summed E-state index contributed by atoms with van der Waals surface area (Å²) >= 11 is 0. The summed E-state index contributed by atoms with van der Waals surface area (Å²) in [6.45, 7) is 3.57. The van der Waals surface area contributed by atoms with E-state index >= 15 is 0 Å². The predicted molar refractivity (Wildman–Crippen MR) is 83.6 cm³/mol. The van der Waals surface area contributed by atoms with Crippen molar-refractivity contribution in [1.29, 1.82) is 0 Å². The summed E-state index contributed by atoms with van der Waals surface area (Å²) in [6.07, 6.45) is 0. The number of amides is 1. The fraction of sp³-hybridized carbons (Fsp3) is 0.188. The molecule has 0 atom stereocenters. The van der Waals surface area contributed by atoms with Crippen LogP contribution in [-0.2, 0) is 10.0 Å². The molecule has 0 aliphatic carbocycles. The summed E-state index contributed by atoms with van der Waals surface area (Å²) < 4.78 is 31.7. The molecule has 0 bridgehead atoms. The second kappa shape index (κ2) is 6.19. The van der Waals surface area contributed by atoms with Gasteiger partial charge in [0, 0.05) is 5.56 Å². The highest BCUT2D eigenvalue weighted by molar-refractivity contribution is 7.90. The Labute approximate surface area is 130 Å². The third-order valence-corrected chi connectivity index (χ3v) is 4.69. The molecule has 0 fully saturated rings. The Morgan fingerprint density at radius 3 is 2.23 bits per heavy atom. The summed E-state index contributed by atoms with van der Waals surface area (Å²) in [7, 11) is -2.39. The van der Waals surface area contributed by atoms with Crippen molar-refractivity contribution < 1.29 is 17.9 Å². The van der Waals surface area contributed by atoms with Gasteiger partial charge in [-0.2, -0.15) is 0 Å². The van der Waals surface area contributed by atoms with Gasteiger partial charge in [0.2, 0.25) is 0 Å². The molecule has 6 heteroatoms. The zero-order valence-corrected chi connectivity index (χ0v) is 13.4. The quantitative estimate of drug-likeness (QED) is 0.939. The number of nitrogens with one attached hydrogen (secondary N) is 1. The highest BCUT2D eigenvalue weighted by Crippen LogP contribution is 2.17. The van der Waals surface area contributed by atoms with E-state index in [1.54, 1.807) is 31.2 Å². The number of hydrogen-bond acceptors (Lipinski definition) is 4. The number of hydrogen-bond donors (Lipinski definition) is 1. The average Bonchev–Trinajstić information content (AvgIpc) is 2.46. The zero-order valence-electron chi connectivity index (χ0n) is 12.6. The van der Waals surface area contributed by atoms with Gasteiger partial charge in [-0.1, -0.05) is 17.7 Å². The molecule has 5 nitrogen and oxygen atoms in total. The summed E-state index contributed by atoms with van der Waals surface area (Å²) in [5, 5.41) is 0. The van der Waals surface area contributed by atoms with E-state index in [0.29, 0.717) is 11.3 Å². The van der Waals surface area contributed by atoms with E-state index in [9.17, 15) is 13.2 Å². The molecule has 1 amide bonds. The Kier molecular flexibility index (Phi) is 4.51. The first-order valence-corrected chi connectivity index (χ1v) is 8.10. The first-order valence-electron chi connectivity index (χ1n) is 6.62. The van der Waals surface area contributed by atoms with Crippen molar-refractivity contribution in [3.05, 3.63) is 59.2 Å². The second-order valence-electron chi connectivity index (χ2n) is 4.93. The molecule has 116 valence electrons. The highest BCUT2D eigenvalue weighted by atomic mass is 32.2. The van der Waals surface area contributed by atoms with Crippen molar-refractivity contribution in [2.45, 2.75) is 18.7 Å². The molecule has 2 rings (SSSR count). The van der Waals surface area contributed by atoms with Crippen LogP contribution in [-0.4, -0.2) is 21.4 Å². The van der Waals surface area contributed by atoms with Crippen molar-refractivity contribution in [2.75, 3.05) is 7.11 Å². The number of aryl methyl sites for hydroxylation is 2. The van der Waals surface area contributed by atoms with Crippen LogP contribution in [0, 0.1) is 13.8 Å². The fourth-order valence-corrected chi connectivity index (χ4v) is 3.28. The number of rotatable bonds is 4. The van der Waals surface area contributed by atoms with Crippen LogP contribution in [0.1, 0.15) is 21.5 Å². The number of carbonyl (C=O) groups is 1. The maximum Gasteiger partial charge on any atom is 0.265 e. The largest absolute Gasteiger partial charge is 0.497 e.